The molecule has 0 saturated heterocycles. The first kappa shape index (κ1) is 12.3. The first-order chi connectivity index (χ1) is 7.65. The molecule has 1 rings (SSSR count). The summed E-state index contributed by atoms with van der Waals surface area (Å²) in [5.41, 5.74) is 1.88. The second-order valence-electron chi connectivity index (χ2n) is 3.42. The third-order valence-electron chi connectivity index (χ3n) is 2.40. The standard InChI is InChI=1S/C13H15NO2/c1-4-11-10(8-14)6-7-12(16-5-2)13(11)9(3)15/h6-7H,4-5H2,1-3H3. The average molecular weight is 217 g/mol. The summed E-state index contributed by atoms with van der Waals surface area (Å²) in [7, 11) is 0. The van der Waals surface area contributed by atoms with Gasteiger partial charge in [0.1, 0.15) is 5.75 Å². The van der Waals surface area contributed by atoms with Crippen LogP contribution in [-0.4, -0.2) is 12.4 Å². The van der Waals surface area contributed by atoms with Crippen molar-refractivity contribution in [3.63, 3.8) is 0 Å². The molecule has 3 heteroatoms. The predicted molar refractivity (Wildman–Crippen MR) is 61.7 cm³/mol. The van der Waals surface area contributed by atoms with Crippen LogP contribution in [0.25, 0.3) is 0 Å². The van der Waals surface area contributed by atoms with Gasteiger partial charge in [0.25, 0.3) is 0 Å². The number of nitrogens with zero attached hydrogens (tertiary/aromatic N) is 1. The van der Waals surface area contributed by atoms with Crippen molar-refractivity contribution in [3.8, 4) is 11.8 Å². The molecule has 0 fully saturated rings. The van der Waals surface area contributed by atoms with E-state index in [-0.39, 0.29) is 5.78 Å². The first-order valence-electron chi connectivity index (χ1n) is 5.35. The summed E-state index contributed by atoms with van der Waals surface area (Å²) in [4.78, 5) is 11.6. The van der Waals surface area contributed by atoms with Gasteiger partial charge in [0.2, 0.25) is 0 Å². The molecule has 0 aliphatic carbocycles. The zero-order valence-electron chi connectivity index (χ0n) is 9.83. The van der Waals surface area contributed by atoms with E-state index in [1.165, 1.54) is 6.92 Å². The van der Waals surface area contributed by atoms with Gasteiger partial charge in [0.05, 0.1) is 23.8 Å². The van der Waals surface area contributed by atoms with Gasteiger partial charge in [-0.2, -0.15) is 5.26 Å². The molecule has 16 heavy (non-hydrogen) atoms. The number of benzene rings is 1. The molecule has 0 spiro atoms. The monoisotopic (exact) mass is 217 g/mol. The van der Waals surface area contributed by atoms with Gasteiger partial charge in [-0.3, -0.25) is 4.79 Å². The third-order valence-corrected chi connectivity index (χ3v) is 2.40. The molecule has 0 radical (unpaired) electrons. The highest BCUT2D eigenvalue weighted by Crippen LogP contribution is 2.26. The van der Waals surface area contributed by atoms with Crippen LogP contribution in [0.4, 0.5) is 0 Å². The number of hydrogen-bond donors (Lipinski definition) is 0. The van der Waals surface area contributed by atoms with Gasteiger partial charge in [-0.1, -0.05) is 6.92 Å². The first-order valence-corrected chi connectivity index (χ1v) is 5.35. The number of carbonyl (C=O) groups is 1. The van der Waals surface area contributed by atoms with E-state index in [9.17, 15) is 4.79 Å². The number of carbonyl (C=O) groups excluding carboxylic acids is 1. The van der Waals surface area contributed by atoms with Crippen molar-refractivity contribution in [2.24, 2.45) is 0 Å². The van der Waals surface area contributed by atoms with Crippen LogP contribution < -0.4 is 4.74 Å². The molecule has 0 amide bonds. The van der Waals surface area contributed by atoms with Crippen molar-refractivity contribution in [2.75, 3.05) is 6.61 Å². The minimum Gasteiger partial charge on any atom is -0.493 e. The van der Waals surface area contributed by atoms with E-state index in [1.54, 1.807) is 12.1 Å². The van der Waals surface area contributed by atoms with Crippen LogP contribution in [0, 0.1) is 11.3 Å². The molecule has 1 aromatic carbocycles. The van der Waals surface area contributed by atoms with E-state index in [0.29, 0.717) is 29.9 Å². The highest BCUT2D eigenvalue weighted by molar-refractivity contribution is 5.99. The maximum absolute atomic E-state index is 11.6. The fourth-order valence-electron chi connectivity index (χ4n) is 1.76. The molecule has 0 unspecified atom stereocenters. The molecule has 0 aromatic heterocycles. The minimum atomic E-state index is -0.0580. The Balaban J connectivity index is 3.45. The summed E-state index contributed by atoms with van der Waals surface area (Å²) in [6, 6.07) is 5.50. The van der Waals surface area contributed by atoms with E-state index in [1.807, 2.05) is 13.8 Å². The Labute approximate surface area is 95.7 Å². The Hall–Kier alpha value is -1.82. The van der Waals surface area contributed by atoms with E-state index < -0.39 is 0 Å². The van der Waals surface area contributed by atoms with Crippen molar-refractivity contribution in [2.45, 2.75) is 27.2 Å². The van der Waals surface area contributed by atoms with Crippen LogP contribution in [0.15, 0.2) is 12.1 Å². The van der Waals surface area contributed by atoms with E-state index in [0.717, 1.165) is 5.56 Å². The van der Waals surface area contributed by atoms with Crippen molar-refractivity contribution in [1.82, 2.24) is 0 Å². The predicted octanol–water partition coefficient (Wildman–Crippen LogP) is 2.72. The number of hydrogen-bond acceptors (Lipinski definition) is 3. The quantitative estimate of drug-likeness (QED) is 0.728. The molecule has 0 N–H and O–H groups in total. The van der Waals surface area contributed by atoms with Crippen LogP contribution in [0.5, 0.6) is 5.75 Å². The molecular formula is C13H15NO2. The lowest BCUT2D eigenvalue weighted by molar-refractivity contribution is 0.101. The summed E-state index contributed by atoms with van der Waals surface area (Å²) < 4.78 is 5.41. The Morgan fingerprint density at radius 3 is 2.56 bits per heavy atom. The molecule has 0 aliphatic heterocycles. The summed E-state index contributed by atoms with van der Waals surface area (Å²) >= 11 is 0. The van der Waals surface area contributed by atoms with E-state index in [2.05, 4.69) is 6.07 Å². The lowest BCUT2D eigenvalue weighted by Gasteiger charge is -2.13. The molecule has 84 valence electrons. The highest BCUT2D eigenvalue weighted by Gasteiger charge is 2.16. The summed E-state index contributed by atoms with van der Waals surface area (Å²) in [6.07, 6.45) is 0.652. The number of Topliss-reactive ketones (excluding diaryl/α,β-unsaturated/α-hetero) is 1. The van der Waals surface area contributed by atoms with E-state index >= 15 is 0 Å². The molecular weight excluding hydrogens is 202 g/mol. The number of ketones is 1. The number of nitriles is 1. The van der Waals surface area contributed by atoms with Crippen molar-refractivity contribution < 1.29 is 9.53 Å². The minimum absolute atomic E-state index is 0.0580. The molecule has 3 nitrogen and oxygen atoms in total. The van der Waals surface area contributed by atoms with Crippen LogP contribution in [-0.2, 0) is 6.42 Å². The van der Waals surface area contributed by atoms with Crippen LogP contribution in [0.3, 0.4) is 0 Å². The molecule has 0 atom stereocenters. The van der Waals surface area contributed by atoms with Crippen LogP contribution >= 0.6 is 0 Å². The van der Waals surface area contributed by atoms with Crippen molar-refractivity contribution >= 4 is 5.78 Å². The largest absolute Gasteiger partial charge is 0.493 e. The lowest BCUT2D eigenvalue weighted by atomic mass is 9.96. The van der Waals surface area contributed by atoms with E-state index in [4.69, 9.17) is 10.00 Å². The smallest absolute Gasteiger partial charge is 0.163 e. The lowest BCUT2D eigenvalue weighted by Crippen LogP contribution is -2.06. The topological polar surface area (TPSA) is 50.1 Å². The van der Waals surface area contributed by atoms with Crippen molar-refractivity contribution in [1.29, 1.82) is 5.26 Å². The maximum atomic E-state index is 11.6. The summed E-state index contributed by atoms with van der Waals surface area (Å²) in [6.45, 7) is 5.81. The Morgan fingerprint density at radius 2 is 2.12 bits per heavy atom. The SMILES string of the molecule is CCOc1ccc(C#N)c(CC)c1C(C)=O. The van der Waals surface area contributed by atoms with Gasteiger partial charge in [0, 0.05) is 0 Å². The third kappa shape index (κ3) is 2.22. The number of rotatable bonds is 4. The van der Waals surface area contributed by atoms with Gasteiger partial charge in [-0.05, 0) is 38.0 Å². The fraction of sp³-hybridized carbons (Fsp3) is 0.385. The van der Waals surface area contributed by atoms with Crippen molar-refractivity contribution in [3.05, 3.63) is 28.8 Å². The highest BCUT2D eigenvalue weighted by atomic mass is 16.5. The number of ether oxygens (including phenoxy) is 1. The average Bonchev–Trinajstić information content (AvgIpc) is 2.28. The molecule has 0 bridgehead atoms. The van der Waals surface area contributed by atoms with Gasteiger partial charge in [-0.25, -0.2) is 0 Å². The molecule has 0 saturated carbocycles. The zero-order valence-corrected chi connectivity index (χ0v) is 9.83. The second-order valence-corrected chi connectivity index (χ2v) is 3.42. The normalized spacial score (nSPS) is 9.62. The summed E-state index contributed by atoms with van der Waals surface area (Å²) in [5, 5.41) is 8.97. The molecule has 0 heterocycles. The van der Waals surface area contributed by atoms with Gasteiger partial charge in [-0.15, -0.1) is 0 Å². The van der Waals surface area contributed by atoms with Gasteiger partial charge in [0.15, 0.2) is 5.78 Å². The summed E-state index contributed by atoms with van der Waals surface area (Å²) in [5.74, 6) is 0.517. The Bertz CT molecular complexity index is 444. The van der Waals surface area contributed by atoms with Crippen LogP contribution in [0.1, 0.15) is 42.3 Å². The van der Waals surface area contributed by atoms with Gasteiger partial charge >= 0.3 is 0 Å². The molecule has 1 aromatic rings. The zero-order chi connectivity index (χ0) is 12.1. The fourth-order valence-corrected chi connectivity index (χ4v) is 1.76. The Kier molecular flexibility index (Phi) is 4.07. The second kappa shape index (κ2) is 5.32. The Morgan fingerprint density at radius 1 is 1.44 bits per heavy atom. The maximum Gasteiger partial charge on any atom is 0.163 e. The van der Waals surface area contributed by atoms with Gasteiger partial charge < -0.3 is 4.74 Å². The van der Waals surface area contributed by atoms with Crippen LogP contribution in [0.2, 0.25) is 0 Å². The molecule has 0 aliphatic rings.